The number of hydrogen-bond acceptors (Lipinski definition) is 6. The van der Waals surface area contributed by atoms with Gasteiger partial charge in [-0.25, -0.2) is 4.79 Å². The molecule has 0 spiro atoms. The Morgan fingerprint density at radius 3 is 2.75 bits per heavy atom. The molecule has 0 amide bonds. The van der Waals surface area contributed by atoms with Gasteiger partial charge in [-0.3, -0.25) is 4.68 Å². The van der Waals surface area contributed by atoms with Crippen molar-refractivity contribution in [1.29, 1.82) is 0 Å². The number of benzene rings is 2. The van der Waals surface area contributed by atoms with Crippen LogP contribution >= 0.6 is 0 Å². The van der Waals surface area contributed by atoms with Gasteiger partial charge in [-0.1, -0.05) is 43.3 Å². The molecule has 0 saturated heterocycles. The minimum Gasteiger partial charge on any atom is -0.492 e. The first kappa shape index (κ1) is 21.6. The molecule has 0 unspecified atom stereocenters. The SMILES string of the molecule is Cc1ccc(C(C)C)c(OCc2cn(CCCOc3cc(=O)oc4ccccc34)nn2)c1. The molecule has 7 nitrogen and oxygen atoms in total. The van der Waals surface area contributed by atoms with E-state index in [0.29, 0.717) is 43.4 Å². The summed E-state index contributed by atoms with van der Waals surface area (Å²) in [5, 5.41) is 9.17. The van der Waals surface area contributed by atoms with Crippen LogP contribution in [0.4, 0.5) is 0 Å². The molecule has 0 saturated carbocycles. The number of nitrogens with zero attached hydrogens (tertiary/aromatic N) is 3. The predicted octanol–water partition coefficient (Wildman–Crippen LogP) is 4.86. The zero-order chi connectivity index (χ0) is 22.5. The molecule has 0 bridgehead atoms. The molecular weight excluding hydrogens is 406 g/mol. The summed E-state index contributed by atoms with van der Waals surface area (Å²) in [6.45, 7) is 7.82. The molecule has 7 heteroatoms. The quantitative estimate of drug-likeness (QED) is 0.277. The Balaban J connectivity index is 1.30. The molecule has 0 aliphatic heterocycles. The van der Waals surface area contributed by atoms with Crippen molar-refractivity contribution in [3.05, 3.63) is 82.0 Å². The van der Waals surface area contributed by atoms with Crippen molar-refractivity contribution in [2.24, 2.45) is 0 Å². The first-order chi connectivity index (χ1) is 15.5. The predicted molar refractivity (Wildman–Crippen MR) is 122 cm³/mol. The minimum atomic E-state index is -0.422. The van der Waals surface area contributed by atoms with Gasteiger partial charge >= 0.3 is 5.63 Å². The first-order valence-electron chi connectivity index (χ1n) is 10.8. The van der Waals surface area contributed by atoms with Crippen molar-refractivity contribution < 1.29 is 13.9 Å². The van der Waals surface area contributed by atoms with Crippen LogP contribution in [-0.2, 0) is 13.2 Å². The van der Waals surface area contributed by atoms with Gasteiger partial charge in [0.25, 0.3) is 0 Å². The average molecular weight is 434 g/mol. The average Bonchev–Trinajstić information content (AvgIpc) is 3.22. The molecule has 0 aliphatic rings. The smallest absolute Gasteiger partial charge is 0.339 e. The number of aryl methyl sites for hydroxylation is 2. The second-order valence-corrected chi connectivity index (χ2v) is 8.09. The van der Waals surface area contributed by atoms with Crippen LogP contribution in [-0.4, -0.2) is 21.6 Å². The van der Waals surface area contributed by atoms with Crippen LogP contribution in [0.3, 0.4) is 0 Å². The van der Waals surface area contributed by atoms with E-state index in [1.165, 1.54) is 11.6 Å². The van der Waals surface area contributed by atoms with Gasteiger partial charge < -0.3 is 13.9 Å². The topological polar surface area (TPSA) is 79.4 Å². The fraction of sp³-hybridized carbons (Fsp3) is 0.320. The van der Waals surface area contributed by atoms with Crippen LogP contribution in [0.2, 0.25) is 0 Å². The molecular formula is C25H27N3O4. The summed E-state index contributed by atoms with van der Waals surface area (Å²) in [7, 11) is 0. The van der Waals surface area contributed by atoms with Crippen LogP contribution in [0, 0.1) is 6.92 Å². The molecule has 4 rings (SSSR count). The van der Waals surface area contributed by atoms with Gasteiger partial charge in [0.2, 0.25) is 0 Å². The van der Waals surface area contributed by atoms with Crippen molar-refractivity contribution in [1.82, 2.24) is 15.0 Å². The number of aromatic nitrogens is 3. The maximum atomic E-state index is 11.7. The van der Waals surface area contributed by atoms with Gasteiger partial charge in [0.15, 0.2) is 0 Å². The highest BCUT2D eigenvalue weighted by atomic mass is 16.5. The summed E-state index contributed by atoms with van der Waals surface area (Å²) < 4.78 is 18.8. The third kappa shape index (κ3) is 5.17. The van der Waals surface area contributed by atoms with Gasteiger partial charge in [0, 0.05) is 13.0 Å². The van der Waals surface area contributed by atoms with E-state index in [-0.39, 0.29) is 0 Å². The molecule has 2 aromatic carbocycles. The normalized spacial score (nSPS) is 11.2. The van der Waals surface area contributed by atoms with E-state index in [4.69, 9.17) is 13.9 Å². The van der Waals surface area contributed by atoms with Crippen molar-refractivity contribution in [3.8, 4) is 11.5 Å². The Morgan fingerprint density at radius 2 is 1.91 bits per heavy atom. The molecule has 0 fully saturated rings. The number of hydrogen-bond donors (Lipinski definition) is 0. The van der Waals surface area contributed by atoms with Crippen molar-refractivity contribution in [3.63, 3.8) is 0 Å². The van der Waals surface area contributed by atoms with Gasteiger partial charge in [-0.2, -0.15) is 0 Å². The molecule has 0 atom stereocenters. The molecule has 0 N–H and O–H groups in total. The Hall–Kier alpha value is -3.61. The summed E-state index contributed by atoms with van der Waals surface area (Å²) in [5.41, 5.74) is 3.22. The summed E-state index contributed by atoms with van der Waals surface area (Å²) in [6, 6.07) is 15.0. The largest absolute Gasteiger partial charge is 0.492 e. The zero-order valence-corrected chi connectivity index (χ0v) is 18.6. The van der Waals surface area contributed by atoms with Crippen LogP contribution < -0.4 is 15.1 Å². The standard InChI is InChI=1S/C25H27N3O4/c1-17(2)20-10-9-18(3)13-23(20)31-16-19-15-28(27-26-19)11-6-12-30-24-14-25(29)32-22-8-5-4-7-21(22)24/h4-5,7-10,13-15,17H,6,11-12,16H2,1-3H3. The van der Waals surface area contributed by atoms with Crippen molar-refractivity contribution in [2.45, 2.75) is 46.3 Å². The summed E-state index contributed by atoms with van der Waals surface area (Å²) in [5.74, 6) is 1.81. The summed E-state index contributed by atoms with van der Waals surface area (Å²) in [6.07, 6.45) is 2.60. The highest BCUT2D eigenvalue weighted by molar-refractivity contribution is 5.82. The number of fused-ring (bicyclic) bond motifs is 1. The van der Waals surface area contributed by atoms with Crippen LogP contribution in [0.5, 0.6) is 11.5 Å². The maximum Gasteiger partial charge on any atom is 0.339 e. The molecule has 4 aromatic rings. The van der Waals surface area contributed by atoms with E-state index >= 15 is 0 Å². The molecule has 0 radical (unpaired) electrons. The Bertz CT molecular complexity index is 1260. The van der Waals surface area contributed by atoms with E-state index in [1.54, 1.807) is 10.7 Å². The van der Waals surface area contributed by atoms with E-state index in [2.05, 4.69) is 49.3 Å². The van der Waals surface area contributed by atoms with Crippen LogP contribution in [0.25, 0.3) is 11.0 Å². The van der Waals surface area contributed by atoms with Crippen LogP contribution in [0.15, 0.2) is 63.9 Å². The molecule has 2 heterocycles. The molecule has 2 aromatic heterocycles. The summed E-state index contributed by atoms with van der Waals surface area (Å²) in [4.78, 5) is 11.7. The van der Waals surface area contributed by atoms with Gasteiger partial charge in [-0.15, -0.1) is 5.10 Å². The van der Waals surface area contributed by atoms with E-state index < -0.39 is 5.63 Å². The number of rotatable bonds is 9. The summed E-state index contributed by atoms with van der Waals surface area (Å²) >= 11 is 0. The third-order valence-corrected chi connectivity index (χ3v) is 5.15. The Labute approximate surface area is 186 Å². The fourth-order valence-corrected chi connectivity index (χ4v) is 3.52. The van der Waals surface area contributed by atoms with Gasteiger partial charge in [0.1, 0.15) is 29.4 Å². The lowest BCUT2D eigenvalue weighted by Gasteiger charge is -2.14. The monoisotopic (exact) mass is 433 g/mol. The fourth-order valence-electron chi connectivity index (χ4n) is 3.52. The van der Waals surface area contributed by atoms with E-state index in [9.17, 15) is 4.79 Å². The van der Waals surface area contributed by atoms with Crippen molar-refractivity contribution >= 4 is 11.0 Å². The first-order valence-corrected chi connectivity index (χ1v) is 10.8. The molecule has 166 valence electrons. The lowest BCUT2D eigenvalue weighted by molar-refractivity contribution is 0.296. The maximum absolute atomic E-state index is 11.7. The Kier molecular flexibility index (Phi) is 6.54. The molecule has 0 aliphatic carbocycles. The zero-order valence-electron chi connectivity index (χ0n) is 18.6. The van der Waals surface area contributed by atoms with Crippen molar-refractivity contribution in [2.75, 3.05) is 6.61 Å². The highest BCUT2D eigenvalue weighted by Crippen LogP contribution is 2.28. The minimum absolute atomic E-state index is 0.367. The second-order valence-electron chi connectivity index (χ2n) is 8.09. The van der Waals surface area contributed by atoms with Crippen LogP contribution in [0.1, 0.15) is 43.0 Å². The van der Waals surface area contributed by atoms with Gasteiger partial charge in [-0.05, 0) is 42.2 Å². The Morgan fingerprint density at radius 1 is 1.06 bits per heavy atom. The van der Waals surface area contributed by atoms with E-state index in [1.807, 2.05) is 24.4 Å². The molecule has 32 heavy (non-hydrogen) atoms. The lowest BCUT2D eigenvalue weighted by Crippen LogP contribution is -2.07. The van der Waals surface area contributed by atoms with Gasteiger partial charge in [0.05, 0.1) is 24.3 Å². The second kappa shape index (κ2) is 9.68. The van der Waals surface area contributed by atoms with E-state index in [0.717, 1.165) is 22.4 Å². The lowest BCUT2D eigenvalue weighted by atomic mass is 10.0. The number of ether oxygens (including phenoxy) is 2. The number of para-hydroxylation sites is 1. The third-order valence-electron chi connectivity index (χ3n) is 5.15. The highest BCUT2D eigenvalue weighted by Gasteiger charge is 2.10.